The molecule has 1 aromatic carbocycles. The number of nitrogens with zero attached hydrogens (tertiary/aromatic N) is 3. The zero-order valence-corrected chi connectivity index (χ0v) is 11.1. The minimum Gasteiger partial charge on any atom is -0.506 e. The van der Waals surface area contributed by atoms with Gasteiger partial charge in [-0.1, -0.05) is 29.5 Å². The number of aromatic nitrogens is 3. The molecule has 0 radical (unpaired) electrons. The summed E-state index contributed by atoms with van der Waals surface area (Å²) in [6.45, 7) is 1.93. The van der Waals surface area contributed by atoms with E-state index in [9.17, 15) is 5.11 Å². The van der Waals surface area contributed by atoms with Crippen molar-refractivity contribution in [3.05, 3.63) is 47.7 Å². The smallest absolute Gasteiger partial charge is 0.147 e. The van der Waals surface area contributed by atoms with Crippen LogP contribution in [-0.4, -0.2) is 20.3 Å². The van der Waals surface area contributed by atoms with E-state index in [0.29, 0.717) is 0 Å². The van der Waals surface area contributed by atoms with Gasteiger partial charge >= 0.3 is 0 Å². The van der Waals surface area contributed by atoms with Gasteiger partial charge in [0.05, 0.1) is 6.20 Å². The van der Waals surface area contributed by atoms with Crippen LogP contribution in [0.3, 0.4) is 0 Å². The van der Waals surface area contributed by atoms with Crippen LogP contribution in [0.5, 0.6) is 5.75 Å². The van der Waals surface area contributed by atoms with Crippen molar-refractivity contribution in [3.8, 4) is 27.4 Å². The standard InChI is InChI=1S/C14H11N3OS/c1-9-16-17-14(19-9)11-4-2-3-10(5-11)12-6-13(18)8-15-7-12/h2-8,18H,1H3. The van der Waals surface area contributed by atoms with Crippen LogP contribution in [0.25, 0.3) is 21.7 Å². The molecule has 2 aromatic heterocycles. The summed E-state index contributed by atoms with van der Waals surface area (Å²) in [4.78, 5) is 3.99. The van der Waals surface area contributed by atoms with Crippen LogP contribution in [-0.2, 0) is 0 Å². The molecule has 4 nitrogen and oxygen atoms in total. The monoisotopic (exact) mass is 269 g/mol. The van der Waals surface area contributed by atoms with Crippen molar-refractivity contribution in [1.29, 1.82) is 0 Å². The number of aromatic hydroxyl groups is 1. The molecule has 19 heavy (non-hydrogen) atoms. The molecule has 0 fully saturated rings. The molecule has 0 aliphatic heterocycles. The van der Waals surface area contributed by atoms with Crippen LogP contribution in [0, 0.1) is 6.92 Å². The highest BCUT2D eigenvalue weighted by Gasteiger charge is 2.06. The second-order valence-corrected chi connectivity index (χ2v) is 5.32. The predicted octanol–water partition coefficient (Wildman–Crippen LogP) is 3.28. The Kier molecular flexibility index (Phi) is 2.97. The molecule has 3 aromatic rings. The molecular formula is C14H11N3OS. The normalized spacial score (nSPS) is 10.6. The molecule has 0 aliphatic rings. The molecule has 94 valence electrons. The fourth-order valence-electron chi connectivity index (χ4n) is 1.83. The van der Waals surface area contributed by atoms with Gasteiger partial charge in [-0.05, 0) is 24.6 Å². The summed E-state index contributed by atoms with van der Waals surface area (Å²) in [5.41, 5.74) is 2.89. The van der Waals surface area contributed by atoms with Crippen molar-refractivity contribution >= 4 is 11.3 Å². The van der Waals surface area contributed by atoms with Gasteiger partial charge in [0, 0.05) is 17.3 Å². The largest absolute Gasteiger partial charge is 0.506 e. The fraction of sp³-hybridized carbons (Fsp3) is 0.0714. The van der Waals surface area contributed by atoms with Gasteiger partial charge in [-0.15, -0.1) is 10.2 Å². The summed E-state index contributed by atoms with van der Waals surface area (Å²) in [7, 11) is 0. The maximum atomic E-state index is 9.48. The van der Waals surface area contributed by atoms with E-state index in [1.54, 1.807) is 23.6 Å². The van der Waals surface area contributed by atoms with E-state index in [0.717, 1.165) is 26.7 Å². The number of aryl methyl sites for hydroxylation is 1. The molecule has 3 rings (SSSR count). The van der Waals surface area contributed by atoms with Crippen LogP contribution in [0.15, 0.2) is 42.7 Å². The third kappa shape index (κ3) is 2.46. The lowest BCUT2D eigenvalue weighted by Gasteiger charge is -2.03. The van der Waals surface area contributed by atoms with Gasteiger partial charge in [0.25, 0.3) is 0 Å². The van der Waals surface area contributed by atoms with Gasteiger partial charge < -0.3 is 5.11 Å². The van der Waals surface area contributed by atoms with E-state index in [4.69, 9.17) is 0 Å². The first kappa shape index (κ1) is 11.8. The number of hydrogen-bond acceptors (Lipinski definition) is 5. The van der Waals surface area contributed by atoms with Crippen LogP contribution in [0.4, 0.5) is 0 Å². The van der Waals surface area contributed by atoms with E-state index in [-0.39, 0.29) is 5.75 Å². The van der Waals surface area contributed by atoms with E-state index in [2.05, 4.69) is 15.2 Å². The quantitative estimate of drug-likeness (QED) is 0.775. The number of rotatable bonds is 2. The van der Waals surface area contributed by atoms with Crippen LogP contribution < -0.4 is 0 Å². The van der Waals surface area contributed by atoms with Crippen molar-refractivity contribution in [1.82, 2.24) is 15.2 Å². The first-order chi connectivity index (χ1) is 9.22. The van der Waals surface area contributed by atoms with Gasteiger partial charge in [-0.2, -0.15) is 0 Å². The first-order valence-corrected chi connectivity index (χ1v) is 6.59. The summed E-state index contributed by atoms with van der Waals surface area (Å²) in [5, 5.41) is 19.5. The average Bonchev–Trinajstić information content (AvgIpc) is 2.86. The van der Waals surface area contributed by atoms with Crippen LogP contribution >= 0.6 is 11.3 Å². The van der Waals surface area contributed by atoms with Crippen molar-refractivity contribution in [3.63, 3.8) is 0 Å². The number of hydrogen-bond donors (Lipinski definition) is 1. The van der Waals surface area contributed by atoms with Crippen LogP contribution in [0.1, 0.15) is 5.01 Å². The molecule has 0 spiro atoms. The highest BCUT2D eigenvalue weighted by atomic mass is 32.1. The molecule has 0 atom stereocenters. The van der Waals surface area contributed by atoms with Crippen LogP contribution in [0.2, 0.25) is 0 Å². The summed E-state index contributed by atoms with van der Waals surface area (Å²) in [6.07, 6.45) is 3.14. The van der Waals surface area contributed by atoms with Gasteiger partial charge in [0.15, 0.2) is 0 Å². The molecule has 0 saturated carbocycles. The van der Waals surface area contributed by atoms with E-state index < -0.39 is 0 Å². The Morgan fingerprint density at radius 3 is 2.58 bits per heavy atom. The maximum Gasteiger partial charge on any atom is 0.147 e. The molecule has 0 aliphatic carbocycles. The van der Waals surface area contributed by atoms with Gasteiger partial charge in [-0.3, -0.25) is 4.98 Å². The second kappa shape index (κ2) is 4.78. The van der Waals surface area contributed by atoms with Gasteiger partial charge in [0.1, 0.15) is 15.8 Å². The topological polar surface area (TPSA) is 58.9 Å². The van der Waals surface area contributed by atoms with E-state index >= 15 is 0 Å². The van der Waals surface area contributed by atoms with Crippen molar-refractivity contribution in [2.75, 3.05) is 0 Å². The first-order valence-electron chi connectivity index (χ1n) is 5.77. The molecule has 0 unspecified atom stereocenters. The Balaban J connectivity index is 2.05. The highest BCUT2D eigenvalue weighted by Crippen LogP contribution is 2.28. The Morgan fingerprint density at radius 2 is 1.84 bits per heavy atom. The molecular weight excluding hydrogens is 258 g/mol. The fourth-order valence-corrected chi connectivity index (χ4v) is 2.52. The molecule has 0 amide bonds. The minimum atomic E-state index is 0.162. The zero-order valence-electron chi connectivity index (χ0n) is 10.2. The minimum absolute atomic E-state index is 0.162. The maximum absolute atomic E-state index is 9.48. The summed E-state index contributed by atoms with van der Waals surface area (Å²) in [6, 6.07) is 9.66. The lowest BCUT2D eigenvalue weighted by atomic mass is 10.1. The highest BCUT2D eigenvalue weighted by molar-refractivity contribution is 7.14. The van der Waals surface area contributed by atoms with E-state index in [1.165, 1.54) is 6.20 Å². The Hall–Kier alpha value is -2.27. The number of pyridine rings is 1. The Morgan fingerprint density at radius 1 is 1.00 bits per heavy atom. The van der Waals surface area contributed by atoms with Gasteiger partial charge in [0.2, 0.25) is 0 Å². The second-order valence-electron chi connectivity index (χ2n) is 4.14. The van der Waals surface area contributed by atoms with Gasteiger partial charge in [-0.25, -0.2) is 0 Å². The summed E-state index contributed by atoms with van der Waals surface area (Å²) >= 11 is 1.56. The zero-order chi connectivity index (χ0) is 13.2. The van der Waals surface area contributed by atoms with Crippen molar-refractivity contribution in [2.24, 2.45) is 0 Å². The predicted molar refractivity (Wildman–Crippen MR) is 75.0 cm³/mol. The lowest BCUT2D eigenvalue weighted by molar-refractivity contribution is 0.473. The van der Waals surface area contributed by atoms with Crippen molar-refractivity contribution < 1.29 is 5.11 Å². The molecule has 1 N–H and O–H groups in total. The molecule has 2 heterocycles. The van der Waals surface area contributed by atoms with Crippen molar-refractivity contribution in [2.45, 2.75) is 6.92 Å². The summed E-state index contributed by atoms with van der Waals surface area (Å²) < 4.78 is 0. The molecule has 0 bridgehead atoms. The SMILES string of the molecule is Cc1nnc(-c2cccc(-c3cncc(O)c3)c2)s1. The van der Waals surface area contributed by atoms with E-state index in [1.807, 2.05) is 31.2 Å². The molecule has 5 heteroatoms. The third-order valence-electron chi connectivity index (χ3n) is 2.69. The Labute approximate surface area is 114 Å². The number of benzene rings is 1. The lowest BCUT2D eigenvalue weighted by Crippen LogP contribution is -1.82. The average molecular weight is 269 g/mol. The molecule has 0 saturated heterocycles. The third-order valence-corrected chi connectivity index (χ3v) is 3.58. The Bertz CT molecular complexity index is 724. The summed E-state index contributed by atoms with van der Waals surface area (Å²) in [5.74, 6) is 0.162.